The molecule has 0 spiro atoms. The van der Waals surface area contributed by atoms with Crippen LogP contribution < -0.4 is 5.32 Å². The van der Waals surface area contributed by atoms with Crippen LogP contribution >= 0.6 is 0 Å². The van der Waals surface area contributed by atoms with Crippen molar-refractivity contribution in [3.8, 4) is 11.1 Å². The Bertz CT molecular complexity index is 1290. The van der Waals surface area contributed by atoms with E-state index in [9.17, 15) is 26.4 Å². The highest BCUT2D eigenvalue weighted by Gasteiger charge is 2.22. The number of sulfonamides is 1. The van der Waals surface area contributed by atoms with Crippen LogP contribution in [0.4, 0.5) is 18.9 Å². The van der Waals surface area contributed by atoms with E-state index in [4.69, 9.17) is 0 Å². The van der Waals surface area contributed by atoms with E-state index in [1.165, 1.54) is 35.2 Å². The summed E-state index contributed by atoms with van der Waals surface area (Å²) < 4.78 is 69.4. The summed E-state index contributed by atoms with van der Waals surface area (Å²) in [6.07, 6.45) is 2.92. The molecule has 8 nitrogen and oxygen atoms in total. The van der Waals surface area contributed by atoms with Crippen molar-refractivity contribution in [2.75, 3.05) is 19.4 Å². The Hall–Kier alpha value is -3.67. The summed E-state index contributed by atoms with van der Waals surface area (Å²) in [6, 6.07) is 9.70. The summed E-state index contributed by atoms with van der Waals surface area (Å²) in [5.74, 6) is -1.11. The summed E-state index contributed by atoms with van der Waals surface area (Å²) in [5, 5.41) is 6.06. The molecule has 33 heavy (non-hydrogen) atoms. The van der Waals surface area contributed by atoms with Crippen LogP contribution in [0.3, 0.4) is 0 Å². The molecule has 0 aliphatic carbocycles. The molecule has 3 aromatic rings. The highest BCUT2D eigenvalue weighted by molar-refractivity contribution is 7.90. The first-order valence-corrected chi connectivity index (χ1v) is 11.0. The maximum Gasteiger partial charge on any atom is 0.333 e. The van der Waals surface area contributed by atoms with Gasteiger partial charge in [-0.2, -0.15) is 22.3 Å². The second-order valence-electron chi connectivity index (χ2n) is 7.17. The monoisotopic (exact) mass is 479 g/mol. The van der Waals surface area contributed by atoms with Crippen LogP contribution in [0.1, 0.15) is 12.1 Å². The second kappa shape index (κ2) is 9.86. The van der Waals surface area contributed by atoms with E-state index in [0.29, 0.717) is 4.68 Å². The number of hydrogen-bond acceptors (Lipinski definition) is 4. The molecule has 1 amide bonds. The van der Waals surface area contributed by atoms with Gasteiger partial charge in [0, 0.05) is 37.1 Å². The summed E-state index contributed by atoms with van der Waals surface area (Å²) in [5.41, 5.74) is 0.484. The average Bonchev–Trinajstić information content (AvgIpc) is 3.24. The molecule has 1 N–H and O–H groups in total. The lowest BCUT2D eigenvalue weighted by molar-refractivity contribution is -0.115. The molecular weight excluding hydrogens is 459 g/mol. The molecule has 0 atom stereocenters. The van der Waals surface area contributed by atoms with Gasteiger partial charge in [0.2, 0.25) is 5.91 Å². The molecule has 2 aromatic carbocycles. The van der Waals surface area contributed by atoms with Crippen LogP contribution in [0.5, 0.6) is 0 Å². The van der Waals surface area contributed by atoms with Gasteiger partial charge in [-0.1, -0.05) is 24.3 Å². The quantitative estimate of drug-likeness (QED) is 0.394. The van der Waals surface area contributed by atoms with Crippen LogP contribution in [0.25, 0.3) is 11.1 Å². The number of benzene rings is 2. The summed E-state index contributed by atoms with van der Waals surface area (Å²) in [4.78, 5) is 13.5. The number of carbonyl (C=O) groups excluding carboxylic acids is 1. The summed E-state index contributed by atoms with van der Waals surface area (Å²) in [7, 11) is -1.13. The zero-order chi connectivity index (χ0) is 24.2. The van der Waals surface area contributed by atoms with E-state index in [-0.39, 0.29) is 33.7 Å². The molecule has 0 radical (unpaired) electrons. The van der Waals surface area contributed by atoms with Crippen molar-refractivity contribution in [3.63, 3.8) is 0 Å². The molecule has 3 rings (SSSR count). The van der Waals surface area contributed by atoms with Crippen molar-refractivity contribution in [3.05, 3.63) is 66.2 Å². The number of amides is 1. The van der Waals surface area contributed by atoms with Gasteiger partial charge in [0.05, 0.1) is 17.5 Å². The third-order valence-electron chi connectivity index (χ3n) is 4.38. The van der Waals surface area contributed by atoms with E-state index in [2.05, 4.69) is 14.8 Å². The number of hydrogen-bond donors (Lipinski definition) is 1. The highest BCUT2D eigenvalue weighted by atomic mass is 32.2. The van der Waals surface area contributed by atoms with Gasteiger partial charge in [-0.3, -0.25) is 4.79 Å². The molecular formula is C21H20F3N5O3S. The van der Waals surface area contributed by atoms with Gasteiger partial charge in [0.15, 0.2) is 0 Å². The summed E-state index contributed by atoms with van der Waals surface area (Å²) in [6.45, 7) is -2.90. The van der Waals surface area contributed by atoms with Crippen molar-refractivity contribution >= 4 is 28.0 Å². The third kappa shape index (κ3) is 5.98. The Labute approximate surface area is 188 Å². The van der Waals surface area contributed by atoms with E-state index >= 15 is 0 Å². The van der Waals surface area contributed by atoms with Crippen LogP contribution in [0.15, 0.2) is 64.2 Å². The van der Waals surface area contributed by atoms with Gasteiger partial charge in [0.25, 0.3) is 10.0 Å². The van der Waals surface area contributed by atoms with Gasteiger partial charge in [-0.05, 0) is 23.8 Å². The average molecular weight is 479 g/mol. The van der Waals surface area contributed by atoms with Crippen molar-refractivity contribution in [1.29, 1.82) is 0 Å². The molecule has 0 aliphatic heterocycles. The Morgan fingerprint density at radius 3 is 2.61 bits per heavy atom. The number of halogens is 3. The molecule has 0 saturated heterocycles. The lowest BCUT2D eigenvalue weighted by atomic mass is 10.1. The fourth-order valence-corrected chi connectivity index (χ4v) is 4.03. The number of aromatic nitrogens is 2. The fraction of sp³-hybridized carbons (Fsp3) is 0.190. The minimum absolute atomic E-state index is 0.0740. The van der Waals surface area contributed by atoms with Crippen molar-refractivity contribution in [1.82, 2.24) is 14.7 Å². The molecule has 0 unspecified atom stereocenters. The van der Waals surface area contributed by atoms with Crippen molar-refractivity contribution in [2.45, 2.75) is 17.9 Å². The number of alkyl halides is 2. The van der Waals surface area contributed by atoms with Gasteiger partial charge >= 0.3 is 6.55 Å². The van der Waals surface area contributed by atoms with Crippen LogP contribution in [0.2, 0.25) is 0 Å². The summed E-state index contributed by atoms with van der Waals surface area (Å²) >= 11 is 0. The zero-order valence-corrected chi connectivity index (χ0v) is 18.4. The molecule has 0 fully saturated rings. The Morgan fingerprint density at radius 1 is 1.24 bits per heavy atom. The molecule has 12 heteroatoms. The highest BCUT2D eigenvalue weighted by Crippen LogP contribution is 2.32. The maximum absolute atomic E-state index is 13.8. The first-order chi connectivity index (χ1) is 15.6. The second-order valence-corrected chi connectivity index (χ2v) is 8.77. The van der Waals surface area contributed by atoms with E-state index < -0.39 is 28.3 Å². The third-order valence-corrected chi connectivity index (χ3v) is 5.65. The fourth-order valence-electron chi connectivity index (χ4n) is 2.87. The number of nitrogens with zero attached hydrogens (tertiary/aromatic N) is 4. The minimum atomic E-state index is -4.28. The van der Waals surface area contributed by atoms with E-state index in [0.717, 1.165) is 24.8 Å². The predicted octanol–water partition coefficient (Wildman–Crippen LogP) is 3.54. The van der Waals surface area contributed by atoms with Crippen molar-refractivity contribution in [2.24, 2.45) is 4.40 Å². The first kappa shape index (κ1) is 24.0. The van der Waals surface area contributed by atoms with Crippen LogP contribution in [-0.4, -0.2) is 49.4 Å². The van der Waals surface area contributed by atoms with Gasteiger partial charge in [-0.15, -0.1) is 4.40 Å². The minimum Gasteiger partial charge on any atom is -0.368 e. The molecule has 0 saturated carbocycles. The normalized spacial score (nSPS) is 11.8. The van der Waals surface area contributed by atoms with Gasteiger partial charge < -0.3 is 10.2 Å². The zero-order valence-electron chi connectivity index (χ0n) is 17.6. The van der Waals surface area contributed by atoms with E-state index in [1.54, 1.807) is 20.2 Å². The van der Waals surface area contributed by atoms with Crippen LogP contribution in [-0.2, 0) is 21.2 Å². The van der Waals surface area contributed by atoms with Gasteiger partial charge in [0.1, 0.15) is 12.2 Å². The molecule has 174 valence electrons. The topological polar surface area (TPSA) is 96.7 Å². The Kier molecular flexibility index (Phi) is 7.16. The van der Waals surface area contributed by atoms with E-state index in [1.807, 2.05) is 0 Å². The Balaban J connectivity index is 1.98. The molecule has 1 heterocycles. The van der Waals surface area contributed by atoms with Crippen LogP contribution in [0, 0.1) is 5.82 Å². The SMILES string of the molecule is CN(C)C=NS(=O)(=O)c1cc(NC(=O)Cc2ccccc2F)ccc1-c1cnn(C(F)F)c1. The molecule has 0 bridgehead atoms. The number of anilines is 1. The first-order valence-electron chi connectivity index (χ1n) is 9.53. The standard InChI is InChI=1S/C21H20F3N5O3S/c1-28(2)13-26-33(31,32)19-10-16(27-20(30)9-14-5-3-4-6-18(14)22)7-8-17(19)15-11-25-29(12-15)21(23)24/h3-8,10-13,21H,9H2,1-2H3,(H,27,30). The molecule has 0 aliphatic rings. The number of carbonyl (C=O) groups is 1. The van der Waals surface area contributed by atoms with Gasteiger partial charge in [-0.25, -0.2) is 9.07 Å². The smallest absolute Gasteiger partial charge is 0.333 e. The molecule has 1 aromatic heterocycles. The Morgan fingerprint density at radius 2 is 1.97 bits per heavy atom. The lowest BCUT2D eigenvalue weighted by Crippen LogP contribution is -2.16. The predicted molar refractivity (Wildman–Crippen MR) is 117 cm³/mol. The lowest BCUT2D eigenvalue weighted by Gasteiger charge is -2.11. The number of rotatable bonds is 8. The largest absolute Gasteiger partial charge is 0.368 e. The maximum atomic E-state index is 13.8. The van der Waals surface area contributed by atoms with Crippen molar-refractivity contribution < 1.29 is 26.4 Å². The number of nitrogens with one attached hydrogen (secondary N) is 1.